The van der Waals surface area contributed by atoms with Crippen molar-refractivity contribution in [2.24, 2.45) is 0 Å². The molecule has 0 saturated carbocycles. The highest BCUT2D eigenvalue weighted by molar-refractivity contribution is 9.10. The van der Waals surface area contributed by atoms with Gasteiger partial charge in [-0.1, -0.05) is 40.2 Å². The Morgan fingerprint density at radius 3 is 2.43 bits per heavy atom. The van der Waals surface area contributed by atoms with Gasteiger partial charge in [-0.25, -0.2) is 0 Å². The van der Waals surface area contributed by atoms with Gasteiger partial charge in [0, 0.05) is 53.3 Å². The average Bonchev–Trinajstić information content (AvgIpc) is 2.94. The molecule has 1 amide bonds. The van der Waals surface area contributed by atoms with E-state index in [1.807, 2.05) is 42.2 Å². The van der Waals surface area contributed by atoms with Crippen LogP contribution in [-0.2, 0) is 4.84 Å². The number of halogens is 1. The summed E-state index contributed by atoms with van der Waals surface area (Å²) in [6.45, 7) is 8.58. The molecule has 0 spiro atoms. The number of benzene rings is 2. The molecule has 2 aliphatic heterocycles. The Morgan fingerprint density at radius 2 is 1.73 bits per heavy atom. The molecule has 1 aromatic heterocycles. The zero-order chi connectivity index (χ0) is 25.8. The van der Waals surface area contributed by atoms with Gasteiger partial charge in [-0.15, -0.1) is 0 Å². The Bertz CT molecular complexity index is 1270. The second-order valence-electron chi connectivity index (χ2n) is 10.2. The Labute approximate surface area is 227 Å². The number of nitrogens with zero attached hydrogens (tertiary/aromatic N) is 3. The first-order valence-corrected chi connectivity index (χ1v) is 14.0. The van der Waals surface area contributed by atoms with Crippen LogP contribution in [0.5, 0.6) is 0 Å². The predicted molar refractivity (Wildman–Crippen MR) is 152 cm³/mol. The minimum Gasteiger partial charge on any atom is -0.339 e. The zero-order valence-corrected chi connectivity index (χ0v) is 23.3. The first kappa shape index (κ1) is 25.9. The van der Waals surface area contributed by atoms with E-state index in [1.165, 1.54) is 5.57 Å². The quantitative estimate of drug-likeness (QED) is 0.371. The van der Waals surface area contributed by atoms with Gasteiger partial charge in [0.2, 0.25) is 0 Å². The number of hydrogen-bond donors (Lipinski definition) is 1. The number of fused-ring (bicyclic) bond motifs is 1. The van der Waals surface area contributed by atoms with Crippen LogP contribution in [0.3, 0.4) is 0 Å². The molecular formula is C30H35BrN4O2. The predicted octanol–water partition coefficient (Wildman–Crippen LogP) is 6.04. The van der Waals surface area contributed by atoms with E-state index in [0.29, 0.717) is 6.61 Å². The van der Waals surface area contributed by atoms with Crippen LogP contribution in [0.15, 0.2) is 70.8 Å². The van der Waals surface area contributed by atoms with Gasteiger partial charge in [-0.05, 0) is 81.0 Å². The van der Waals surface area contributed by atoms with Gasteiger partial charge < -0.3 is 4.90 Å². The van der Waals surface area contributed by atoms with E-state index in [9.17, 15) is 4.79 Å². The summed E-state index contributed by atoms with van der Waals surface area (Å²) < 4.78 is 1.07. The minimum atomic E-state index is 0.109. The minimum absolute atomic E-state index is 0.109. The van der Waals surface area contributed by atoms with E-state index >= 15 is 0 Å². The third-order valence-corrected chi connectivity index (χ3v) is 8.44. The fourth-order valence-electron chi connectivity index (χ4n) is 5.55. The molecule has 0 radical (unpaired) electrons. The molecule has 5 rings (SSSR count). The lowest BCUT2D eigenvalue weighted by molar-refractivity contribution is 0.0256. The number of hydroxylamine groups is 1. The molecule has 7 heteroatoms. The first-order valence-electron chi connectivity index (χ1n) is 13.2. The lowest BCUT2D eigenvalue weighted by Crippen LogP contribution is -2.56. The van der Waals surface area contributed by atoms with Crippen LogP contribution in [0.1, 0.15) is 55.5 Å². The molecule has 2 saturated heterocycles. The summed E-state index contributed by atoms with van der Waals surface area (Å²) in [5, 5.41) is 1.06. The standard InChI is InChI=1S/C30H35BrN4O2/c1-3-37-33-28(23-8-10-26(31)11-9-23)24-12-17-35(18-13-24)30(2)14-19-34(20-15-30)29(36)25-7-6-22-5-4-16-32-27(22)21-25/h4-11,16,21,33H,3,12-15,17-20H2,1-2H3. The summed E-state index contributed by atoms with van der Waals surface area (Å²) in [5.74, 6) is 0.111. The molecule has 194 valence electrons. The molecule has 37 heavy (non-hydrogen) atoms. The van der Waals surface area contributed by atoms with Crippen LogP contribution in [0, 0.1) is 0 Å². The number of amides is 1. The van der Waals surface area contributed by atoms with Crippen molar-refractivity contribution in [3.8, 4) is 0 Å². The largest absolute Gasteiger partial charge is 0.339 e. The smallest absolute Gasteiger partial charge is 0.253 e. The van der Waals surface area contributed by atoms with Gasteiger partial charge in [0.25, 0.3) is 5.91 Å². The van der Waals surface area contributed by atoms with Gasteiger partial charge in [-0.2, -0.15) is 0 Å². The maximum absolute atomic E-state index is 13.2. The van der Waals surface area contributed by atoms with Gasteiger partial charge >= 0.3 is 0 Å². The molecule has 6 nitrogen and oxygen atoms in total. The van der Waals surface area contributed by atoms with E-state index in [0.717, 1.165) is 84.1 Å². The van der Waals surface area contributed by atoms with Crippen molar-refractivity contribution in [3.05, 3.63) is 82.0 Å². The molecule has 2 fully saturated rings. The third-order valence-electron chi connectivity index (χ3n) is 7.92. The SMILES string of the molecule is CCONC(=C1CCN(C2(C)CCN(C(=O)c3ccc4cccnc4c3)CC2)CC1)c1ccc(Br)cc1. The first-order chi connectivity index (χ1) is 18.0. The molecule has 3 heterocycles. The van der Waals surface area contributed by atoms with Crippen molar-refractivity contribution in [1.82, 2.24) is 20.3 Å². The van der Waals surface area contributed by atoms with E-state index in [4.69, 9.17) is 4.84 Å². The molecule has 0 unspecified atom stereocenters. The summed E-state index contributed by atoms with van der Waals surface area (Å²) in [5.41, 5.74) is 8.59. The van der Waals surface area contributed by atoms with E-state index in [-0.39, 0.29) is 11.4 Å². The molecule has 1 N–H and O–H groups in total. The number of aromatic nitrogens is 1. The molecule has 3 aromatic rings. The Kier molecular flexibility index (Phi) is 7.93. The maximum Gasteiger partial charge on any atom is 0.253 e. The highest BCUT2D eigenvalue weighted by atomic mass is 79.9. The molecule has 0 aliphatic carbocycles. The molecule has 0 atom stereocenters. The number of carbonyl (C=O) groups excluding carboxylic acids is 1. The fraction of sp³-hybridized carbons (Fsp3) is 0.400. The molecule has 0 bridgehead atoms. The van der Waals surface area contributed by atoms with Crippen LogP contribution >= 0.6 is 15.9 Å². The van der Waals surface area contributed by atoms with Gasteiger partial charge in [0.1, 0.15) is 0 Å². The lowest BCUT2D eigenvalue weighted by Gasteiger charge is -2.48. The molecule has 2 aromatic carbocycles. The van der Waals surface area contributed by atoms with Crippen molar-refractivity contribution in [3.63, 3.8) is 0 Å². The Hall–Kier alpha value is -2.74. The van der Waals surface area contributed by atoms with Crippen LogP contribution < -0.4 is 5.48 Å². The number of piperidine rings is 2. The highest BCUT2D eigenvalue weighted by Crippen LogP contribution is 2.34. The average molecular weight is 564 g/mol. The lowest BCUT2D eigenvalue weighted by atomic mass is 9.85. The zero-order valence-electron chi connectivity index (χ0n) is 21.7. The third kappa shape index (κ3) is 5.74. The van der Waals surface area contributed by atoms with Crippen molar-refractivity contribution in [2.45, 2.75) is 45.1 Å². The summed E-state index contributed by atoms with van der Waals surface area (Å²) in [6, 6.07) is 18.2. The van der Waals surface area contributed by atoms with E-state index in [2.05, 4.69) is 62.5 Å². The van der Waals surface area contributed by atoms with Crippen LogP contribution in [0.25, 0.3) is 16.6 Å². The van der Waals surface area contributed by atoms with Gasteiger partial charge in [0.15, 0.2) is 0 Å². The number of nitrogens with one attached hydrogen (secondary N) is 1. The van der Waals surface area contributed by atoms with Crippen LogP contribution in [-0.4, -0.2) is 59.0 Å². The number of hydrogen-bond acceptors (Lipinski definition) is 5. The van der Waals surface area contributed by atoms with Crippen molar-refractivity contribution in [2.75, 3.05) is 32.8 Å². The number of pyridine rings is 1. The van der Waals surface area contributed by atoms with Crippen LogP contribution in [0.4, 0.5) is 0 Å². The number of carbonyl (C=O) groups is 1. The highest BCUT2D eigenvalue weighted by Gasteiger charge is 2.38. The second-order valence-corrected chi connectivity index (χ2v) is 11.1. The van der Waals surface area contributed by atoms with Crippen molar-refractivity contribution in [1.29, 1.82) is 0 Å². The maximum atomic E-state index is 13.2. The topological polar surface area (TPSA) is 57.7 Å². The Morgan fingerprint density at radius 1 is 1.03 bits per heavy atom. The normalized spacial score (nSPS) is 18.1. The van der Waals surface area contributed by atoms with Gasteiger partial charge in [0.05, 0.1) is 17.8 Å². The van der Waals surface area contributed by atoms with Crippen LogP contribution in [0.2, 0.25) is 0 Å². The van der Waals surface area contributed by atoms with E-state index in [1.54, 1.807) is 6.20 Å². The fourth-order valence-corrected chi connectivity index (χ4v) is 5.82. The Balaban J connectivity index is 1.22. The van der Waals surface area contributed by atoms with Crippen molar-refractivity contribution >= 4 is 38.4 Å². The number of rotatable bonds is 6. The summed E-state index contributed by atoms with van der Waals surface area (Å²) in [4.78, 5) is 27.9. The molecular weight excluding hydrogens is 528 g/mol. The molecule has 2 aliphatic rings. The number of likely N-dealkylation sites (tertiary alicyclic amines) is 2. The van der Waals surface area contributed by atoms with Gasteiger partial charge in [-0.3, -0.25) is 25.0 Å². The van der Waals surface area contributed by atoms with E-state index < -0.39 is 0 Å². The van der Waals surface area contributed by atoms with Crippen molar-refractivity contribution < 1.29 is 9.63 Å². The summed E-state index contributed by atoms with van der Waals surface area (Å²) in [7, 11) is 0. The summed E-state index contributed by atoms with van der Waals surface area (Å²) >= 11 is 3.54. The second kappa shape index (κ2) is 11.3. The summed E-state index contributed by atoms with van der Waals surface area (Å²) in [6.07, 6.45) is 5.76. The monoisotopic (exact) mass is 562 g/mol.